The topological polar surface area (TPSA) is 69.6 Å². The molecule has 2 aliphatic heterocycles. The zero-order valence-electron chi connectivity index (χ0n) is 12.3. The Morgan fingerprint density at radius 1 is 1.30 bits per heavy atom. The molecule has 0 radical (unpaired) electrons. The number of piperidine rings is 2. The van der Waals surface area contributed by atoms with Gasteiger partial charge in [-0.15, -0.1) is 0 Å². The SMILES string of the molecule is CC(CC(=O)N1CCCC[C@@H]1C(=O)O)C1CCCNC1. The van der Waals surface area contributed by atoms with Crippen LogP contribution in [0.3, 0.4) is 0 Å². The van der Waals surface area contributed by atoms with Gasteiger partial charge in [-0.2, -0.15) is 0 Å². The van der Waals surface area contributed by atoms with Crippen LogP contribution in [0.2, 0.25) is 0 Å². The van der Waals surface area contributed by atoms with Gasteiger partial charge in [0.1, 0.15) is 6.04 Å². The first-order valence-electron chi connectivity index (χ1n) is 7.82. The molecular formula is C15H26N2O3. The number of nitrogens with one attached hydrogen (secondary N) is 1. The van der Waals surface area contributed by atoms with Gasteiger partial charge >= 0.3 is 5.97 Å². The fourth-order valence-corrected chi connectivity index (χ4v) is 3.41. The summed E-state index contributed by atoms with van der Waals surface area (Å²) in [5.74, 6) is 0.0349. The number of nitrogens with zero attached hydrogens (tertiary/aromatic N) is 1. The Morgan fingerprint density at radius 2 is 2.10 bits per heavy atom. The Labute approximate surface area is 120 Å². The summed E-state index contributed by atoms with van der Waals surface area (Å²) in [5.41, 5.74) is 0. The van der Waals surface area contributed by atoms with Gasteiger partial charge in [-0.25, -0.2) is 4.79 Å². The molecule has 2 aliphatic rings. The highest BCUT2D eigenvalue weighted by atomic mass is 16.4. The second kappa shape index (κ2) is 7.07. The fraction of sp³-hybridized carbons (Fsp3) is 0.867. The van der Waals surface area contributed by atoms with Crippen molar-refractivity contribution in [3.8, 4) is 0 Å². The standard InChI is InChI=1S/C15H26N2O3/c1-11(12-5-4-7-16-10-12)9-14(18)17-8-3-2-6-13(17)15(19)20/h11-13,16H,2-10H2,1H3,(H,19,20)/t11?,12?,13-/m1/s1. The lowest BCUT2D eigenvalue weighted by atomic mass is 9.85. The minimum absolute atomic E-state index is 0.0233. The molecule has 0 aromatic rings. The smallest absolute Gasteiger partial charge is 0.326 e. The molecule has 5 heteroatoms. The van der Waals surface area contributed by atoms with Crippen molar-refractivity contribution in [2.45, 2.75) is 51.5 Å². The number of hydrogen-bond donors (Lipinski definition) is 2. The first-order chi connectivity index (χ1) is 9.59. The van der Waals surface area contributed by atoms with E-state index in [9.17, 15) is 14.7 Å². The first-order valence-corrected chi connectivity index (χ1v) is 7.82. The van der Waals surface area contributed by atoms with Crippen LogP contribution in [0.15, 0.2) is 0 Å². The average Bonchev–Trinajstić information content (AvgIpc) is 2.48. The molecule has 3 atom stereocenters. The molecule has 2 rings (SSSR count). The maximum absolute atomic E-state index is 12.4. The van der Waals surface area contributed by atoms with Crippen LogP contribution in [0, 0.1) is 11.8 Å². The van der Waals surface area contributed by atoms with E-state index in [1.54, 1.807) is 4.90 Å². The van der Waals surface area contributed by atoms with Gasteiger partial charge in [-0.3, -0.25) is 4.79 Å². The van der Waals surface area contributed by atoms with E-state index in [0.29, 0.717) is 31.2 Å². The normalized spacial score (nSPS) is 28.9. The summed E-state index contributed by atoms with van der Waals surface area (Å²) in [5, 5.41) is 12.6. The summed E-state index contributed by atoms with van der Waals surface area (Å²) in [6.45, 7) is 4.78. The van der Waals surface area contributed by atoms with Crippen LogP contribution in [-0.4, -0.2) is 47.6 Å². The zero-order chi connectivity index (χ0) is 14.5. The predicted molar refractivity (Wildman–Crippen MR) is 76.4 cm³/mol. The van der Waals surface area contributed by atoms with Crippen molar-refractivity contribution in [3.63, 3.8) is 0 Å². The Kier molecular flexibility index (Phi) is 5.40. The molecule has 0 aromatic heterocycles. The van der Waals surface area contributed by atoms with Gasteiger partial charge in [0.2, 0.25) is 5.91 Å². The zero-order valence-corrected chi connectivity index (χ0v) is 12.3. The minimum Gasteiger partial charge on any atom is -0.480 e. The van der Waals surface area contributed by atoms with Crippen molar-refractivity contribution in [1.29, 1.82) is 0 Å². The van der Waals surface area contributed by atoms with Crippen molar-refractivity contribution in [1.82, 2.24) is 10.2 Å². The number of carbonyl (C=O) groups excluding carboxylic acids is 1. The molecule has 5 nitrogen and oxygen atoms in total. The van der Waals surface area contributed by atoms with Gasteiger partial charge in [0.15, 0.2) is 0 Å². The summed E-state index contributed by atoms with van der Waals surface area (Å²) in [6.07, 6.45) is 5.25. The van der Waals surface area contributed by atoms with Crippen molar-refractivity contribution in [2.75, 3.05) is 19.6 Å². The monoisotopic (exact) mass is 282 g/mol. The maximum atomic E-state index is 12.4. The lowest BCUT2D eigenvalue weighted by Crippen LogP contribution is -2.48. The van der Waals surface area contributed by atoms with E-state index in [0.717, 1.165) is 25.9 Å². The Bertz CT molecular complexity index is 353. The Hall–Kier alpha value is -1.10. The lowest BCUT2D eigenvalue weighted by Gasteiger charge is -2.35. The van der Waals surface area contributed by atoms with Crippen LogP contribution in [-0.2, 0) is 9.59 Å². The van der Waals surface area contributed by atoms with E-state index in [-0.39, 0.29) is 5.91 Å². The maximum Gasteiger partial charge on any atom is 0.326 e. The number of aliphatic carboxylic acids is 1. The van der Waals surface area contributed by atoms with E-state index >= 15 is 0 Å². The third-order valence-electron chi connectivity index (χ3n) is 4.74. The van der Waals surface area contributed by atoms with Gasteiger partial charge < -0.3 is 15.3 Å². The van der Waals surface area contributed by atoms with Crippen LogP contribution in [0.25, 0.3) is 0 Å². The van der Waals surface area contributed by atoms with E-state index in [1.165, 1.54) is 12.8 Å². The largest absolute Gasteiger partial charge is 0.480 e. The van der Waals surface area contributed by atoms with Gasteiger partial charge in [0.25, 0.3) is 0 Å². The second-order valence-corrected chi connectivity index (χ2v) is 6.22. The summed E-state index contributed by atoms with van der Waals surface area (Å²) < 4.78 is 0. The molecule has 20 heavy (non-hydrogen) atoms. The third-order valence-corrected chi connectivity index (χ3v) is 4.74. The number of likely N-dealkylation sites (tertiary alicyclic amines) is 1. The molecular weight excluding hydrogens is 256 g/mol. The predicted octanol–water partition coefficient (Wildman–Crippen LogP) is 1.48. The van der Waals surface area contributed by atoms with E-state index in [4.69, 9.17) is 0 Å². The number of hydrogen-bond acceptors (Lipinski definition) is 3. The quantitative estimate of drug-likeness (QED) is 0.819. The Morgan fingerprint density at radius 3 is 2.75 bits per heavy atom. The van der Waals surface area contributed by atoms with Crippen molar-refractivity contribution in [2.24, 2.45) is 11.8 Å². The molecule has 2 fully saturated rings. The van der Waals surface area contributed by atoms with Crippen molar-refractivity contribution >= 4 is 11.9 Å². The van der Waals surface area contributed by atoms with Gasteiger partial charge in [0.05, 0.1) is 0 Å². The highest BCUT2D eigenvalue weighted by Crippen LogP contribution is 2.25. The number of rotatable bonds is 4. The molecule has 2 saturated heterocycles. The first kappa shape index (κ1) is 15.3. The summed E-state index contributed by atoms with van der Waals surface area (Å²) in [7, 11) is 0. The number of carboxylic acids is 1. The highest BCUT2D eigenvalue weighted by molar-refractivity contribution is 5.84. The number of amides is 1. The molecule has 114 valence electrons. The second-order valence-electron chi connectivity index (χ2n) is 6.22. The molecule has 0 spiro atoms. The molecule has 1 amide bonds. The summed E-state index contributed by atoms with van der Waals surface area (Å²) >= 11 is 0. The number of carbonyl (C=O) groups is 2. The number of carboxylic acid groups (broad SMARTS) is 1. The summed E-state index contributed by atoms with van der Waals surface area (Å²) in [4.78, 5) is 25.3. The van der Waals surface area contributed by atoms with Crippen LogP contribution >= 0.6 is 0 Å². The molecule has 0 bridgehead atoms. The fourth-order valence-electron chi connectivity index (χ4n) is 3.41. The summed E-state index contributed by atoms with van der Waals surface area (Å²) in [6, 6.07) is -0.604. The lowest BCUT2D eigenvalue weighted by molar-refractivity contribution is -0.152. The highest BCUT2D eigenvalue weighted by Gasteiger charge is 2.33. The Balaban J connectivity index is 1.90. The van der Waals surface area contributed by atoms with Crippen molar-refractivity contribution < 1.29 is 14.7 Å². The molecule has 0 saturated carbocycles. The van der Waals surface area contributed by atoms with Crippen LogP contribution in [0.5, 0.6) is 0 Å². The average molecular weight is 282 g/mol. The van der Waals surface area contributed by atoms with Crippen molar-refractivity contribution in [3.05, 3.63) is 0 Å². The molecule has 2 unspecified atom stereocenters. The van der Waals surface area contributed by atoms with Gasteiger partial charge in [-0.1, -0.05) is 6.92 Å². The minimum atomic E-state index is -0.856. The van der Waals surface area contributed by atoms with Gasteiger partial charge in [-0.05, 0) is 57.0 Å². The molecule has 0 aromatic carbocycles. The molecule has 0 aliphatic carbocycles. The van der Waals surface area contributed by atoms with Crippen LogP contribution < -0.4 is 5.32 Å². The van der Waals surface area contributed by atoms with Gasteiger partial charge in [0, 0.05) is 13.0 Å². The molecule has 2 heterocycles. The van der Waals surface area contributed by atoms with Crippen LogP contribution in [0.1, 0.15) is 45.4 Å². The van der Waals surface area contributed by atoms with E-state index < -0.39 is 12.0 Å². The van der Waals surface area contributed by atoms with E-state index in [1.807, 2.05) is 0 Å². The third kappa shape index (κ3) is 3.72. The van der Waals surface area contributed by atoms with Crippen LogP contribution in [0.4, 0.5) is 0 Å². The van der Waals surface area contributed by atoms with E-state index in [2.05, 4.69) is 12.2 Å². The molecule has 2 N–H and O–H groups in total.